The fraction of sp³-hybridized carbons (Fsp3) is 0.409. The fourth-order valence-corrected chi connectivity index (χ4v) is 4.87. The number of halogens is 3. The van der Waals surface area contributed by atoms with Gasteiger partial charge in [-0.05, 0) is 56.5 Å². The van der Waals surface area contributed by atoms with Gasteiger partial charge in [0, 0.05) is 5.69 Å². The first-order valence-corrected chi connectivity index (χ1v) is 10.7. The second kappa shape index (κ2) is 8.11. The molecule has 2 unspecified atom stereocenters. The first-order chi connectivity index (χ1) is 15.5. The Morgan fingerprint density at radius 2 is 2.06 bits per heavy atom. The molecule has 2 aliphatic heterocycles. The SMILES string of the molecule is CC1(C)C(=O)N(c2cnc(C#N)c(C(F)(F)F)c2)C(S)N1c1ccc2c(c1)CCC(CO)O2. The van der Waals surface area contributed by atoms with E-state index in [9.17, 15) is 23.1 Å². The molecule has 2 aliphatic rings. The van der Waals surface area contributed by atoms with Crippen LogP contribution in [0.2, 0.25) is 0 Å². The van der Waals surface area contributed by atoms with Crippen molar-refractivity contribution in [1.29, 1.82) is 5.26 Å². The number of anilines is 2. The highest BCUT2D eigenvalue weighted by atomic mass is 32.1. The molecule has 2 atom stereocenters. The summed E-state index contributed by atoms with van der Waals surface area (Å²) in [5.41, 5.74) is -2.57. The number of aryl methyl sites for hydroxylation is 1. The topological polar surface area (TPSA) is 89.7 Å². The zero-order valence-electron chi connectivity index (χ0n) is 17.8. The van der Waals surface area contributed by atoms with E-state index in [1.807, 2.05) is 6.07 Å². The van der Waals surface area contributed by atoms with Crippen molar-refractivity contribution in [2.45, 2.75) is 50.0 Å². The van der Waals surface area contributed by atoms with Gasteiger partial charge in [-0.15, -0.1) is 12.6 Å². The lowest BCUT2D eigenvalue weighted by molar-refractivity contribution is -0.138. The van der Waals surface area contributed by atoms with Gasteiger partial charge in [-0.2, -0.15) is 18.4 Å². The highest BCUT2D eigenvalue weighted by molar-refractivity contribution is 7.81. The van der Waals surface area contributed by atoms with E-state index in [4.69, 9.17) is 10.00 Å². The average Bonchev–Trinajstić information content (AvgIpc) is 2.95. The molecule has 7 nitrogen and oxygen atoms in total. The second-order valence-corrected chi connectivity index (χ2v) is 8.86. The zero-order valence-corrected chi connectivity index (χ0v) is 18.7. The molecule has 33 heavy (non-hydrogen) atoms. The maximum atomic E-state index is 13.5. The van der Waals surface area contributed by atoms with Gasteiger partial charge in [0.1, 0.15) is 23.5 Å². The molecule has 1 saturated heterocycles. The smallest absolute Gasteiger partial charge is 0.419 e. The minimum absolute atomic E-state index is 0.0823. The number of thiol groups is 1. The van der Waals surface area contributed by atoms with E-state index in [0.717, 1.165) is 22.7 Å². The highest BCUT2D eigenvalue weighted by Gasteiger charge is 2.52. The number of rotatable bonds is 3. The molecule has 0 spiro atoms. The van der Waals surface area contributed by atoms with Gasteiger partial charge in [-0.3, -0.25) is 9.69 Å². The number of benzene rings is 1. The number of alkyl halides is 3. The van der Waals surface area contributed by atoms with Gasteiger partial charge < -0.3 is 14.7 Å². The van der Waals surface area contributed by atoms with Crippen LogP contribution < -0.4 is 14.5 Å². The van der Waals surface area contributed by atoms with Crippen LogP contribution >= 0.6 is 12.6 Å². The van der Waals surface area contributed by atoms with Crippen molar-refractivity contribution in [3.05, 3.63) is 47.3 Å². The van der Waals surface area contributed by atoms with Gasteiger partial charge >= 0.3 is 6.18 Å². The number of aliphatic hydroxyl groups excluding tert-OH is 1. The number of ether oxygens (including phenoxy) is 1. The Bertz CT molecular complexity index is 1150. The molecule has 1 N–H and O–H groups in total. The van der Waals surface area contributed by atoms with Crippen molar-refractivity contribution in [3.8, 4) is 11.8 Å². The summed E-state index contributed by atoms with van der Waals surface area (Å²) < 4.78 is 46.1. The molecule has 11 heteroatoms. The van der Waals surface area contributed by atoms with E-state index in [1.165, 1.54) is 6.07 Å². The van der Waals surface area contributed by atoms with Crippen molar-refractivity contribution in [2.24, 2.45) is 0 Å². The maximum absolute atomic E-state index is 13.5. The van der Waals surface area contributed by atoms with Crippen LogP contribution in [0.15, 0.2) is 30.5 Å². The summed E-state index contributed by atoms with van der Waals surface area (Å²) in [7, 11) is 0. The van der Waals surface area contributed by atoms with Crippen LogP contribution in [-0.2, 0) is 17.4 Å². The number of nitrogens with zero attached hydrogens (tertiary/aromatic N) is 4. The van der Waals surface area contributed by atoms with E-state index < -0.39 is 34.4 Å². The number of nitriles is 1. The molecule has 1 aromatic heterocycles. The summed E-state index contributed by atoms with van der Waals surface area (Å²) in [6.45, 7) is 3.25. The maximum Gasteiger partial charge on any atom is 0.419 e. The molecule has 174 valence electrons. The molecule has 4 rings (SSSR count). The van der Waals surface area contributed by atoms with Gasteiger partial charge in [0.2, 0.25) is 0 Å². The van der Waals surface area contributed by atoms with Gasteiger partial charge in [-0.1, -0.05) is 0 Å². The monoisotopic (exact) mass is 478 g/mol. The Kier molecular flexibility index (Phi) is 5.70. The number of pyridine rings is 1. The third kappa shape index (κ3) is 3.87. The zero-order chi connectivity index (χ0) is 24.1. The number of hydrogen-bond donors (Lipinski definition) is 2. The lowest BCUT2D eigenvalue weighted by Crippen LogP contribution is -2.45. The molecule has 0 saturated carbocycles. The van der Waals surface area contributed by atoms with Crippen molar-refractivity contribution >= 4 is 29.9 Å². The number of amides is 1. The molecule has 0 bridgehead atoms. The normalized spacial score (nSPS) is 22.1. The summed E-state index contributed by atoms with van der Waals surface area (Å²) >= 11 is 4.58. The van der Waals surface area contributed by atoms with Gasteiger partial charge in [-0.25, -0.2) is 4.98 Å². The minimum atomic E-state index is -4.80. The average molecular weight is 478 g/mol. The molecule has 2 aromatic rings. The van der Waals surface area contributed by atoms with Crippen LogP contribution in [0.1, 0.15) is 37.1 Å². The Morgan fingerprint density at radius 1 is 1.33 bits per heavy atom. The predicted molar refractivity (Wildman–Crippen MR) is 117 cm³/mol. The van der Waals surface area contributed by atoms with Crippen molar-refractivity contribution in [2.75, 3.05) is 16.4 Å². The Balaban J connectivity index is 1.73. The van der Waals surface area contributed by atoms with E-state index >= 15 is 0 Å². The standard InChI is InChI=1S/C22H21F3N4O3S/c1-21(2)19(31)28(14-8-16(22(23,24)25)17(9-26)27-10-14)20(33)29(21)13-4-6-18-12(7-13)3-5-15(11-30)32-18/h4,6-8,10,15,20,30,33H,3,5,11H2,1-2H3. The summed E-state index contributed by atoms with van der Waals surface area (Å²) in [6, 6.07) is 7.55. The van der Waals surface area contributed by atoms with Crippen molar-refractivity contribution in [3.63, 3.8) is 0 Å². The Morgan fingerprint density at radius 3 is 2.70 bits per heavy atom. The molecule has 1 fully saturated rings. The Hall–Kier alpha value is -2.97. The van der Waals surface area contributed by atoms with E-state index in [-0.39, 0.29) is 18.4 Å². The van der Waals surface area contributed by atoms with Crippen LogP contribution in [0.25, 0.3) is 0 Å². The molecule has 1 aromatic carbocycles. The fourth-order valence-electron chi connectivity index (χ4n) is 4.21. The molecule has 3 heterocycles. The number of hydrogen-bond acceptors (Lipinski definition) is 7. The van der Waals surface area contributed by atoms with Crippen molar-refractivity contribution < 1.29 is 27.8 Å². The second-order valence-electron chi connectivity index (χ2n) is 8.40. The molecule has 1 amide bonds. The molecular weight excluding hydrogens is 457 g/mol. The van der Waals surface area contributed by atoms with Crippen LogP contribution in [0.5, 0.6) is 5.75 Å². The van der Waals surface area contributed by atoms with E-state index in [0.29, 0.717) is 24.3 Å². The first kappa shape index (κ1) is 23.2. The highest BCUT2D eigenvalue weighted by Crippen LogP contribution is 2.43. The lowest BCUT2D eigenvalue weighted by Gasteiger charge is -2.34. The van der Waals surface area contributed by atoms with Gasteiger partial charge in [0.25, 0.3) is 5.91 Å². The summed E-state index contributed by atoms with van der Waals surface area (Å²) in [6.07, 6.45) is -2.68. The van der Waals surface area contributed by atoms with Crippen molar-refractivity contribution in [1.82, 2.24) is 4.98 Å². The number of aliphatic hydroxyl groups is 1. The third-order valence-electron chi connectivity index (χ3n) is 5.92. The summed E-state index contributed by atoms with van der Waals surface area (Å²) in [5.74, 6) is 0.183. The van der Waals surface area contributed by atoms with Crippen LogP contribution in [0.3, 0.4) is 0 Å². The van der Waals surface area contributed by atoms with Crippen LogP contribution in [-0.4, -0.2) is 39.7 Å². The Labute approximate surface area is 193 Å². The molecular formula is C22H21F3N4O3S. The van der Waals surface area contributed by atoms with Crippen LogP contribution in [0.4, 0.5) is 24.5 Å². The lowest BCUT2D eigenvalue weighted by atomic mass is 9.99. The predicted octanol–water partition coefficient (Wildman–Crippen LogP) is 3.50. The molecule has 0 aliphatic carbocycles. The first-order valence-electron chi connectivity index (χ1n) is 10.2. The summed E-state index contributed by atoms with van der Waals surface area (Å²) in [5, 5.41) is 18.3. The largest absolute Gasteiger partial charge is 0.488 e. The number of carbonyl (C=O) groups is 1. The number of aromatic nitrogens is 1. The molecule has 0 radical (unpaired) electrons. The third-order valence-corrected chi connectivity index (χ3v) is 6.39. The minimum Gasteiger partial charge on any atom is -0.488 e. The quantitative estimate of drug-likeness (QED) is 0.657. The number of carbonyl (C=O) groups excluding carboxylic acids is 1. The van der Waals surface area contributed by atoms with Gasteiger partial charge in [0.15, 0.2) is 11.2 Å². The number of fused-ring (bicyclic) bond motifs is 1. The van der Waals surface area contributed by atoms with E-state index in [2.05, 4.69) is 17.6 Å². The summed E-state index contributed by atoms with van der Waals surface area (Å²) in [4.78, 5) is 19.8. The van der Waals surface area contributed by atoms with E-state index in [1.54, 1.807) is 30.9 Å². The van der Waals surface area contributed by atoms with Gasteiger partial charge in [0.05, 0.1) is 24.1 Å². The van der Waals surface area contributed by atoms with Crippen LogP contribution in [0, 0.1) is 11.3 Å².